The van der Waals surface area contributed by atoms with Crippen LogP contribution in [0.1, 0.15) is 34.7 Å². The molecule has 0 saturated carbocycles. The molecular weight excluding hydrogens is 398 g/mol. The van der Waals surface area contributed by atoms with Crippen molar-refractivity contribution in [1.82, 2.24) is 5.01 Å². The van der Waals surface area contributed by atoms with Gasteiger partial charge in [0.25, 0.3) is 5.91 Å². The number of ether oxygens (including phenoxy) is 1. The van der Waals surface area contributed by atoms with E-state index in [2.05, 4.69) is 43.8 Å². The smallest absolute Gasteiger partial charge is 0.306 e. The van der Waals surface area contributed by atoms with Gasteiger partial charge in [0.15, 0.2) is 0 Å². The van der Waals surface area contributed by atoms with Crippen molar-refractivity contribution in [2.45, 2.75) is 25.1 Å². The van der Waals surface area contributed by atoms with Gasteiger partial charge in [-0.1, -0.05) is 72.3 Å². The summed E-state index contributed by atoms with van der Waals surface area (Å²) in [5, 5.41) is 6.94. The van der Waals surface area contributed by atoms with Crippen LogP contribution in [0.15, 0.2) is 90.6 Å². The van der Waals surface area contributed by atoms with Crippen LogP contribution in [0, 0.1) is 6.92 Å². The standard InChI is InChI=1S/C27H23N3O2/c1-3-16-29-23-10-6-5-9-21(23)27(26(29)31)30-24(20-8-4-7-11-25(20)32-27)17-22(28-30)19-14-12-18(2)13-15-19/h3-15,24H,1,16-17H2,2H3/t24-,27-/m0/s1. The Morgan fingerprint density at radius 2 is 1.84 bits per heavy atom. The molecule has 32 heavy (non-hydrogen) atoms. The third kappa shape index (κ3) is 2.45. The maximum atomic E-state index is 14.0. The summed E-state index contributed by atoms with van der Waals surface area (Å²) in [6.07, 6.45) is 2.45. The Hall–Kier alpha value is -3.86. The predicted octanol–water partition coefficient (Wildman–Crippen LogP) is 4.92. The number of hydrazone groups is 1. The van der Waals surface area contributed by atoms with Gasteiger partial charge in [0.05, 0.1) is 23.0 Å². The van der Waals surface area contributed by atoms with E-state index in [1.807, 2.05) is 47.5 Å². The van der Waals surface area contributed by atoms with Crippen molar-refractivity contribution in [2.24, 2.45) is 5.10 Å². The van der Waals surface area contributed by atoms with Crippen LogP contribution >= 0.6 is 0 Å². The zero-order valence-electron chi connectivity index (χ0n) is 17.9. The summed E-state index contributed by atoms with van der Waals surface area (Å²) in [7, 11) is 0. The Labute approximate surface area is 187 Å². The van der Waals surface area contributed by atoms with Crippen LogP contribution in [-0.4, -0.2) is 23.2 Å². The lowest BCUT2D eigenvalue weighted by molar-refractivity contribution is -0.163. The summed E-state index contributed by atoms with van der Waals surface area (Å²) in [6, 6.07) is 24.1. The first-order valence-corrected chi connectivity index (χ1v) is 10.9. The van der Waals surface area contributed by atoms with E-state index in [0.717, 1.165) is 33.8 Å². The van der Waals surface area contributed by atoms with Crippen LogP contribution in [-0.2, 0) is 10.5 Å². The molecule has 0 unspecified atom stereocenters. The number of carbonyl (C=O) groups is 1. The van der Waals surface area contributed by atoms with Crippen molar-refractivity contribution in [1.29, 1.82) is 0 Å². The molecule has 6 rings (SSSR count). The molecule has 0 bridgehead atoms. The third-order valence-electron chi connectivity index (χ3n) is 6.56. The van der Waals surface area contributed by atoms with Gasteiger partial charge in [-0.25, -0.2) is 5.01 Å². The number of hydrogen-bond donors (Lipinski definition) is 0. The first-order valence-electron chi connectivity index (χ1n) is 10.9. The number of fused-ring (bicyclic) bond motifs is 6. The zero-order valence-corrected chi connectivity index (χ0v) is 17.9. The molecule has 0 aliphatic carbocycles. The number of aryl methyl sites for hydroxylation is 1. The van der Waals surface area contributed by atoms with Gasteiger partial charge in [-0.3, -0.25) is 4.79 Å². The number of carbonyl (C=O) groups excluding carboxylic acids is 1. The molecule has 0 saturated heterocycles. The van der Waals surface area contributed by atoms with Gasteiger partial charge in [-0.15, -0.1) is 6.58 Å². The van der Waals surface area contributed by atoms with E-state index in [1.165, 1.54) is 5.56 Å². The molecule has 2 atom stereocenters. The first kappa shape index (κ1) is 18.9. The van der Waals surface area contributed by atoms with E-state index in [1.54, 1.807) is 11.0 Å². The Balaban J connectivity index is 1.57. The molecule has 5 heteroatoms. The number of rotatable bonds is 3. The fraction of sp³-hybridized carbons (Fsp3) is 0.185. The van der Waals surface area contributed by atoms with Crippen LogP contribution in [0.3, 0.4) is 0 Å². The first-order chi connectivity index (χ1) is 15.6. The summed E-state index contributed by atoms with van der Waals surface area (Å²) in [4.78, 5) is 15.8. The Morgan fingerprint density at radius 1 is 1.09 bits per heavy atom. The highest BCUT2D eigenvalue weighted by atomic mass is 16.5. The molecule has 0 N–H and O–H groups in total. The van der Waals surface area contributed by atoms with E-state index >= 15 is 0 Å². The van der Waals surface area contributed by atoms with Crippen molar-refractivity contribution in [2.75, 3.05) is 11.4 Å². The van der Waals surface area contributed by atoms with Crippen LogP contribution in [0.2, 0.25) is 0 Å². The van der Waals surface area contributed by atoms with E-state index < -0.39 is 5.72 Å². The van der Waals surface area contributed by atoms with Crippen LogP contribution in [0.4, 0.5) is 5.69 Å². The summed E-state index contributed by atoms with van der Waals surface area (Å²) in [5.41, 5.74) is 4.62. The van der Waals surface area contributed by atoms with Crippen molar-refractivity contribution in [3.8, 4) is 5.75 Å². The minimum atomic E-state index is -1.33. The quantitative estimate of drug-likeness (QED) is 0.564. The average Bonchev–Trinajstić information content (AvgIpc) is 3.36. The van der Waals surface area contributed by atoms with Crippen molar-refractivity contribution in [3.05, 3.63) is 108 Å². The van der Waals surface area contributed by atoms with Gasteiger partial charge in [0.1, 0.15) is 5.75 Å². The third-order valence-corrected chi connectivity index (χ3v) is 6.56. The molecule has 0 aromatic heterocycles. The van der Waals surface area contributed by atoms with Crippen molar-refractivity contribution in [3.63, 3.8) is 0 Å². The molecule has 0 radical (unpaired) electrons. The zero-order chi connectivity index (χ0) is 21.9. The summed E-state index contributed by atoms with van der Waals surface area (Å²) < 4.78 is 6.61. The Bertz CT molecular complexity index is 1280. The molecule has 3 heterocycles. The second-order valence-electron chi connectivity index (χ2n) is 8.48. The number of hydrogen-bond acceptors (Lipinski definition) is 4. The lowest BCUT2D eigenvalue weighted by Gasteiger charge is -2.44. The monoisotopic (exact) mass is 421 g/mol. The molecule has 3 aliphatic rings. The SMILES string of the molecule is C=CCN1C(=O)[C@@]2(Oc3ccccc3[C@@H]3CC(c4ccc(C)cc4)=NN32)c2ccccc21. The Kier molecular flexibility index (Phi) is 4.02. The second kappa shape index (κ2) is 6.82. The molecule has 0 fully saturated rings. The van der Waals surface area contributed by atoms with Gasteiger partial charge >= 0.3 is 5.72 Å². The molecule has 3 aromatic carbocycles. The summed E-state index contributed by atoms with van der Waals surface area (Å²) in [6.45, 7) is 6.34. The molecule has 158 valence electrons. The highest BCUT2D eigenvalue weighted by Crippen LogP contribution is 2.55. The van der Waals surface area contributed by atoms with Gasteiger partial charge in [-0.05, 0) is 24.6 Å². The predicted molar refractivity (Wildman–Crippen MR) is 125 cm³/mol. The summed E-state index contributed by atoms with van der Waals surface area (Å²) >= 11 is 0. The van der Waals surface area contributed by atoms with Gasteiger partial charge in [0.2, 0.25) is 0 Å². The average molecular weight is 422 g/mol. The second-order valence-corrected chi connectivity index (χ2v) is 8.48. The maximum absolute atomic E-state index is 14.0. The van der Waals surface area contributed by atoms with Gasteiger partial charge in [0, 0.05) is 18.5 Å². The highest BCUT2D eigenvalue weighted by molar-refractivity contribution is 6.08. The van der Waals surface area contributed by atoms with E-state index in [-0.39, 0.29) is 11.9 Å². The molecule has 1 spiro atoms. The number of anilines is 1. The lowest BCUT2D eigenvalue weighted by Crippen LogP contribution is -2.57. The highest BCUT2D eigenvalue weighted by Gasteiger charge is 2.62. The van der Waals surface area contributed by atoms with Crippen molar-refractivity contribution < 1.29 is 9.53 Å². The minimum absolute atomic E-state index is 0.0862. The fourth-order valence-corrected chi connectivity index (χ4v) is 5.05. The molecule has 5 nitrogen and oxygen atoms in total. The number of nitrogens with zero attached hydrogens (tertiary/aromatic N) is 3. The number of amides is 1. The Morgan fingerprint density at radius 3 is 2.66 bits per heavy atom. The maximum Gasteiger partial charge on any atom is 0.306 e. The molecule has 1 amide bonds. The normalized spacial score (nSPS) is 22.8. The largest absolute Gasteiger partial charge is 0.453 e. The molecule has 3 aliphatic heterocycles. The van der Waals surface area contributed by atoms with E-state index in [0.29, 0.717) is 13.0 Å². The van der Waals surface area contributed by atoms with Gasteiger partial charge < -0.3 is 9.64 Å². The van der Waals surface area contributed by atoms with Crippen LogP contribution in [0.25, 0.3) is 0 Å². The van der Waals surface area contributed by atoms with E-state index in [9.17, 15) is 4.79 Å². The minimum Gasteiger partial charge on any atom is -0.453 e. The summed E-state index contributed by atoms with van der Waals surface area (Å²) in [5.74, 6) is 0.602. The van der Waals surface area contributed by atoms with Crippen molar-refractivity contribution >= 4 is 17.3 Å². The number of benzene rings is 3. The molecule has 3 aromatic rings. The lowest BCUT2D eigenvalue weighted by atomic mass is 9.92. The molecular formula is C27H23N3O2. The van der Waals surface area contributed by atoms with Crippen LogP contribution in [0.5, 0.6) is 5.75 Å². The van der Waals surface area contributed by atoms with Gasteiger partial charge in [-0.2, -0.15) is 5.10 Å². The fourth-order valence-electron chi connectivity index (χ4n) is 5.05. The van der Waals surface area contributed by atoms with E-state index in [4.69, 9.17) is 9.84 Å². The topological polar surface area (TPSA) is 45.1 Å². The van der Waals surface area contributed by atoms with Crippen LogP contribution < -0.4 is 9.64 Å². The number of para-hydroxylation sites is 2.